The predicted molar refractivity (Wildman–Crippen MR) is 78.4 cm³/mol. The summed E-state index contributed by atoms with van der Waals surface area (Å²) in [4.78, 5) is 12.1. The van der Waals surface area contributed by atoms with E-state index in [4.69, 9.17) is 11.2 Å². The van der Waals surface area contributed by atoms with Crippen molar-refractivity contribution in [1.29, 1.82) is 0 Å². The highest BCUT2D eigenvalue weighted by Gasteiger charge is 2.55. The van der Waals surface area contributed by atoms with Crippen LogP contribution < -0.4 is 0 Å². The van der Waals surface area contributed by atoms with Crippen molar-refractivity contribution in [2.75, 3.05) is 0 Å². The Bertz CT molecular complexity index is 410. The highest BCUT2D eigenvalue weighted by atomic mass is 16.5. The summed E-state index contributed by atoms with van der Waals surface area (Å²) in [6.07, 6.45) is 9.95. The summed E-state index contributed by atoms with van der Waals surface area (Å²) in [7, 11) is 0. The van der Waals surface area contributed by atoms with E-state index in [-0.39, 0.29) is 22.9 Å². The lowest BCUT2D eigenvalue weighted by atomic mass is 9.65. The lowest BCUT2D eigenvalue weighted by Gasteiger charge is -2.40. The van der Waals surface area contributed by atoms with E-state index in [9.17, 15) is 4.79 Å². The quantitative estimate of drug-likeness (QED) is 0.437. The maximum Gasteiger partial charge on any atom is 0.311 e. The van der Waals surface area contributed by atoms with Gasteiger partial charge in [0.1, 0.15) is 6.10 Å². The molecule has 1 aliphatic carbocycles. The van der Waals surface area contributed by atoms with Gasteiger partial charge < -0.3 is 4.74 Å². The molecule has 2 nitrogen and oxygen atoms in total. The van der Waals surface area contributed by atoms with Crippen LogP contribution in [0.3, 0.4) is 0 Å². The van der Waals surface area contributed by atoms with Crippen LogP contribution in [0.15, 0.2) is 12.7 Å². The topological polar surface area (TPSA) is 26.3 Å². The Morgan fingerprint density at radius 1 is 1.53 bits per heavy atom. The van der Waals surface area contributed by atoms with Crippen LogP contribution in [0.1, 0.15) is 53.9 Å². The van der Waals surface area contributed by atoms with Crippen molar-refractivity contribution in [1.82, 2.24) is 0 Å². The van der Waals surface area contributed by atoms with E-state index in [0.29, 0.717) is 0 Å². The molecular weight excluding hydrogens is 236 g/mol. The molecule has 0 radical (unpaired) electrons. The summed E-state index contributed by atoms with van der Waals surface area (Å²) >= 11 is 0. The molecule has 106 valence electrons. The Labute approximate surface area is 117 Å². The molecule has 0 spiro atoms. The van der Waals surface area contributed by atoms with Gasteiger partial charge in [-0.25, -0.2) is 0 Å². The molecule has 0 saturated heterocycles. The Kier molecular flexibility index (Phi) is 4.20. The third kappa shape index (κ3) is 2.71. The summed E-state index contributed by atoms with van der Waals surface area (Å²) < 4.78 is 5.76. The lowest BCUT2D eigenvalue weighted by Crippen LogP contribution is -2.42. The number of esters is 1. The number of carbonyl (C=O) groups is 1. The van der Waals surface area contributed by atoms with Crippen LogP contribution >= 0.6 is 0 Å². The van der Waals surface area contributed by atoms with Crippen LogP contribution in [0.5, 0.6) is 0 Å². The maximum absolute atomic E-state index is 12.1. The molecular formula is C17H26O2. The summed E-state index contributed by atoms with van der Waals surface area (Å²) in [6, 6.07) is 0. The first-order chi connectivity index (χ1) is 8.60. The Hall–Kier alpha value is -1.23. The van der Waals surface area contributed by atoms with Gasteiger partial charge in [-0.05, 0) is 47.0 Å². The standard InChI is InChI=1S/C17H26O2/c1-8-11-17(7)13(10-12-16(17,6)9-2)19-14(18)15(3,4)5/h2,8,13H,1,10-12H2,3-7H3/t13-,16+,17-/m1/s1. The summed E-state index contributed by atoms with van der Waals surface area (Å²) in [6.45, 7) is 13.6. The summed E-state index contributed by atoms with van der Waals surface area (Å²) in [5.74, 6) is 2.76. The minimum Gasteiger partial charge on any atom is -0.461 e. The predicted octanol–water partition coefficient (Wildman–Crippen LogP) is 3.96. The normalized spacial score (nSPS) is 34.6. The van der Waals surface area contributed by atoms with Crippen molar-refractivity contribution < 1.29 is 9.53 Å². The second kappa shape index (κ2) is 5.04. The average Bonchev–Trinajstić information content (AvgIpc) is 2.54. The molecule has 0 aromatic rings. The Morgan fingerprint density at radius 2 is 2.11 bits per heavy atom. The van der Waals surface area contributed by atoms with Crippen molar-refractivity contribution >= 4 is 5.97 Å². The number of rotatable bonds is 3. The molecule has 1 saturated carbocycles. The zero-order valence-electron chi connectivity index (χ0n) is 12.9. The molecule has 0 N–H and O–H groups in total. The van der Waals surface area contributed by atoms with E-state index in [0.717, 1.165) is 19.3 Å². The highest BCUT2D eigenvalue weighted by Crippen LogP contribution is 2.56. The van der Waals surface area contributed by atoms with Gasteiger partial charge >= 0.3 is 5.97 Å². The Balaban J connectivity index is 3.00. The fourth-order valence-electron chi connectivity index (χ4n) is 2.77. The fraction of sp³-hybridized carbons (Fsp3) is 0.706. The first kappa shape index (κ1) is 15.8. The average molecular weight is 262 g/mol. The van der Waals surface area contributed by atoms with E-state index in [1.54, 1.807) is 0 Å². The van der Waals surface area contributed by atoms with Crippen LogP contribution in [0.2, 0.25) is 0 Å². The number of terminal acetylenes is 1. The molecule has 0 bridgehead atoms. The number of hydrogen-bond acceptors (Lipinski definition) is 2. The molecule has 1 rings (SSSR count). The van der Waals surface area contributed by atoms with Crippen molar-refractivity contribution in [2.45, 2.75) is 60.0 Å². The smallest absolute Gasteiger partial charge is 0.311 e. The van der Waals surface area contributed by atoms with Gasteiger partial charge in [-0.15, -0.1) is 13.0 Å². The van der Waals surface area contributed by atoms with Crippen molar-refractivity contribution in [3.05, 3.63) is 12.7 Å². The van der Waals surface area contributed by atoms with E-state index in [2.05, 4.69) is 26.3 Å². The van der Waals surface area contributed by atoms with Crippen LogP contribution in [0, 0.1) is 28.6 Å². The van der Waals surface area contributed by atoms with Gasteiger partial charge in [-0.1, -0.05) is 18.9 Å². The van der Waals surface area contributed by atoms with E-state index in [1.165, 1.54) is 0 Å². The van der Waals surface area contributed by atoms with E-state index in [1.807, 2.05) is 26.8 Å². The van der Waals surface area contributed by atoms with Gasteiger partial charge in [0.25, 0.3) is 0 Å². The van der Waals surface area contributed by atoms with Crippen molar-refractivity contribution in [3.8, 4) is 12.3 Å². The highest BCUT2D eigenvalue weighted by molar-refractivity contribution is 5.75. The largest absolute Gasteiger partial charge is 0.461 e. The minimum absolute atomic E-state index is 0.127. The molecule has 0 heterocycles. The number of allylic oxidation sites excluding steroid dienone is 1. The molecule has 19 heavy (non-hydrogen) atoms. The van der Waals surface area contributed by atoms with Crippen molar-refractivity contribution in [2.24, 2.45) is 16.2 Å². The van der Waals surface area contributed by atoms with Gasteiger partial charge in [0.2, 0.25) is 0 Å². The van der Waals surface area contributed by atoms with Gasteiger partial charge in [-0.2, -0.15) is 0 Å². The second-order valence-corrected chi connectivity index (χ2v) is 7.07. The maximum atomic E-state index is 12.1. The minimum atomic E-state index is -0.482. The van der Waals surface area contributed by atoms with Crippen LogP contribution in [-0.4, -0.2) is 12.1 Å². The molecule has 2 heteroatoms. The zero-order valence-corrected chi connectivity index (χ0v) is 12.9. The summed E-state index contributed by atoms with van der Waals surface area (Å²) in [5, 5.41) is 0. The van der Waals surface area contributed by atoms with Gasteiger partial charge in [0.05, 0.1) is 5.41 Å². The number of carbonyl (C=O) groups excluding carboxylic acids is 1. The molecule has 0 unspecified atom stereocenters. The summed E-state index contributed by atoms with van der Waals surface area (Å²) in [5.41, 5.74) is -0.960. The second-order valence-electron chi connectivity index (χ2n) is 7.07. The van der Waals surface area contributed by atoms with Gasteiger partial charge in [0.15, 0.2) is 0 Å². The van der Waals surface area contributed by atoms with Crippen LogP contribution in [0.25, 0.3) is 0 Å². The molecule has 0 aromatic carbocycles. The molecule has 0 aliphatic heterocycles. The molecule has 1 aliphatic rings. The molecule has 0 amide bonds. The van der Waals surface area contributed by atoms with Gasteiger partial charge in [-0.3, -0.25) is 4.79 Å². The first-order valence-corrected chi connectivity index (χ1v) is 6.90. The third-order valence-corrected chi connectivity index (χ3v) is 4.63. The number of ether oxygens (including phenoxy) is 1. The van der Waals surface area contributed by atoms with Crippen LogP contribution in [0.4, 0.5) is 0 Å². The molecule has 0 aromatic heterocycles. The van der Waals surface area contributed by atoms with E-state index < -0.39 is 5.41 Å². The Morgan fingerprint density at radius 3 is 2.53 bits per heavy atom. The number of hydrogen-bond donors (Lipinski definition) is 0. The zero-order chi connectivity index (χ0) is 14.9. The third-order valence-electron chi connectivity index (χ3n) is 4.63. The SMILES string of the molecule is C#C[C@@]1(C)CC[C@@H](OC(=O)C(C)(C)C)[C@@]1(C)CC=C. The fourth-order valence-corrected chi connectivity index (χ4v) is 2.77. The first-order valence-electron chi connectivity index (χ1n) is 6.90. The monoisotopic (exact) mass is 262 g/mol. The molecule has 1 fully saturated rings. The van der Waals surface area contributed by atoms with Crippen molar-refractivity contribution in [3.63, 3.8) is 0 Å². The lowest BCUT2D eigenvalue weighted by molar-refractivity contribution is -0.165. The molecule has 3 atom stereocenters. The van der Waals surface area contributed by atoms with Crippen LogP contribution in [-0.2, 0) is 9.53 Å². The van der Waals surface area contributed by atoms with E-state index >= 15 is 0 Å². The van der Waals surface area contributed by atoms with Gasteiger partial charge in [0, 0.05) is 10.8 Å².